The van der Waals surface area contributed by atoms with Gasteiger partial charge in [-0.25, -0.2) is 9.59 Å². The fourth-order valence-electron chi connectivity index (χ4n) is 2.60. The third kappa shape index (κ3) is 3.51. The number of anilines is 1. The van der Waals surface area contributed by atoms with Gasteiger partial charge in [0.2, 0.25) is 0 Å². The van der Waals surface area contributed by atoms with Gasteiger partial charge in [0.25, 0.3) is 0 Å². The largest absolute Gasteiger partial charge is 0.465 e. The van der Waals surface area contributed by atoms with Crippen molar-refractivity contribution >= 4 is 29.3 Å². The van der Waals surface area contributed by atoms with E-state index >= 15 is 0 Å². The van der Waals surface area contributed by atoms with Crippen molar-refractivity contribution in [3.63, 3.8) is 0 Å². The number of hydrogen-bond donors (Lipinski definition) is 2. The molecule has 1 aliphatic carbocycles. The minimum atomic E-state index is -0.445. The molecule has 5 nitrogen and oxygen atoms in total. The van der Waals surface area contributed by atoms with Crippen LogP contribution in [0.2, 0.25) is 5.02 Å². The quantitative estimate of drug-likeness (QED) is 0.825. The maximum absolute atomic E-state index is 12.3. The van der Waals surface area contributed by atoms with Crippen molar-refractivity contribution in [2.75, 3.05) is 12.4 Å². The number of esters is 1. The maximum Gasteiger partial charge on any atom is 0.337 e. The third-order valence-electron chi connectivity index (χ3n) is 4.04. The Morgan fingerprint density at radius 2 is 1.83 bits per heavy atom. The second kappa shape index (κ2) is 6.53. The van der Waals surface area contributed by atoms with Crippen LogP contribution in [0, 0.1) is 0 Å². The molecule has 0 atom stereocenters. The fourth-order valence-corrected chi connectivity index (χ4v) is 2.73. The lowest BCUT2D eigenvalue weighted by Gasteiger charge is -2.18. The van der Waals surface area contributed by atoms with Crippen LogP contribution in [0.4, 0.5) is 10.5 Å². The van der Waals surface area contributed by atoms with Gasteiger partial charge in [-0.05, 0) is 48.7 Å². The van der Waals surface area contributed by atoms with Crippen LogP contribution in [0.5, 0.6) is 0 Å². The Hall–Kier alpha value is -2.53. The number of carbonyl (C=O) groups excluding carboxylic acids is 2. The number of carbonyl (C=O) groups is 2. The number of ether oxygens (including phenoxy) is 1. The van der Waals surface area contributed by atoms with Crippen molar-refractivity contribution in [2.24, 2.45) is 0 Å². The van der Waals surface area contributed by atoms with Crippen LogP contribution in [0.25, 0.3) is 0 Å². The summed E-state index contributed by atoms with van der Waals surface area (Å²) in [6, 6.07) is 13.8. The Bertz CT molecular complexity index is 770. The normalized spacial score (nSPS) is 14.6. The van der Waals surface area contributed by atoms with Gasteiger partial charge in [0.15, 0.2) is 0 Å². The van der Waals surface area contributed by atoms with E-state index in [-0.39, 0.29) is 11.6 Å². The van der Waals surface area contributed by atoms with E-state index in [0.717, 1.165) is 18.4 Å². The molecule has 0 radical (unpaired) electrons. The number of amides is 2. The molecule has 0 bridgehead atoms. The molecule has 2 amide bonds. The molecular formula is C18H17ClN2O3. The van der Waals surface area contributed by atoms with E-state index in [1.807, 2.05) is 24.3 Å². The van der Waals surface area contributed by atoms with E-state index < -0.39 is 5.97 Å². The zero-order valence-corrected chi connectivity index (χ0v) is 13.9. The summed E-state index contributed by atoms with van der Waals surface area (Å²) in [5, 5.41) is 6.43. The molecule has 0 saturated heterocycles. The number of halogens is 1. The van der Waals surface area contributed by atoms with Crippen molar-refractivity contribution < 1.29 is 14.3 Å². The lowest BCUT2D eigenvalue weighted by molar-refractivity contribution is 0.0600. The van der Waals surface area contributed by atoms with Crippen molar-refractivity contribution in [2.45, 2.75) is 18.4 Å². The first-order valence-electron chi connectivity index (χ1n) is 7.56. The minimum Gasteiger partial charge on any atom is -0.465 e. The molecular weight excluding hydrogens is 328 g/mol. The Morgan fingerprint density at radius 3 is 2.46 bits per heavy atom. The molecule has 0 aliphatic heterocycles. The first kappa shape index (κ1) is 16.3. The Kier molecular flexibility index (Phi) is 4.44. The number of hydrogen-bond acceptors (Lipinski definition) is 3. The van der Waals surface area contributed by atoms with Crippen molar-refractivity contribution in [1.29, 1.82) is 0 Å². The predicted molar refractivity (Wildman–Crippen MR) is 92.3 cm³/mol. The zero-order valence-electron chi connectivity index (χ0n) is 13.1. The van der Waals surface area contributed by atoms with Crippen LogP contribution in [0.3, 0.4) is 0 Å². The topological polar surface area (TPSA) is 67.4 Å². The SMILES string of the molecule is COC(=O)c1cccc(NC(=O)NC2(c3ccc(Cl)cc3)CC2)c1. The van der Waals surface area contributed by atoms with E-state index in [2.05, 4.69) is 15.4 Å². The molecule has 0 unspecified atom stereocenters. The predicted octanol–water partition coefficient (Wildman–Crippen LogP) is 3.94. The summed E-state index contributed by atoms with van der Waals surface area (Å²) >= 11 is 5.91. The zero-order chi connectivity index (χ0) is 17.2. The number of benzene rings is 2. The molecule has 1 saturated carbocycles. The average molecular weight is 345 g/mol. The molecule has 3 rings (SSSR count). The monoisotopic (exact) mass is 344 g/mol. The lowest BCUT2D eigenvalue weighted by atomic mass is 10.1. The van der Waals surface area contributed by atoms with E-state index in [1.54, 1.807) is 24.3 Å². The Labute approximate surface area is 145 Å². The van der Waals surface area contributed by atoms with Gasteiger partial charge in [-0.1, -0.05) is 29.8 Å². The molecule has 0 heterocycles. The molecule has 2 aromatic carbocycles. The maximum atomic E-state index is 12.3. The second-order valence-corrected chi connectivity index (χ2v) is 6.18. The van der Waals surface area contributed by atoms with Crippen LogP contribution in [-0.2, 0) is 10.3 Å². The van der Waals surface area contributed by atoms with Crippen LogP contribution in [0.1, 0.15) is 28.8 Å². The summed E-state index contributed by atoms with van der Waals surface area (Å²) in [6.45, 7) is 0. The smallest absolute Gasteiger partial charge is 0.337 e. The summed E-state index contributed by atoms with van der Waals surface area (Å²) in [4.78, 5) is 23.8. The van der Waals surface area contributed by atoms with E-state index in [0.29, 0.717) is 16.3 Å². The lowest BCUT2D eigenvalue weighted by Crippen LogP contribution is -2.38. The van der Waals surface area contributed by atoms with Gasteiger partial charge in [-0.2, -0.15) is 0 Å². The number of nitrogens with one attached hydrogen (secondary N) is 2. The van der Waals surface area contributed by atoms with Gasteiger partial charge in [0.1, 0.15) is 0 Å². The standard InChI is InChI=1S/C18H17ClN2O3/c1-24-16(22)12-3-2-4-15(11-12)20-17(23)21-18(9-10-18)13-5-7-14(19)8-6-13/h2-8,11H,9-10H2,1H3,(H2,20,21,23). The van der Waals surface area contributed by atoms with Crippen LogP contribution < -0.4 is 10.6 Å². The highest BCUT2D eigenvalue weighted by atomic mass is 35.5. The highest BCUT2D eigenvalue weighted by molar-refractivity contribution is 6.30. The van der Waals surface area contributed by atoms with Gasteiger partial charge in [-0.15, -0.1) is 0 Å². The summed E-state index contributed by atoms with van der Waals surface area (Å²) in [7, 11) is 1.32. The molecule has 124 valence electrons. The van der Waals surface area contributed by atoms with E-state index in [4.69, 9.17) is 11.6 Å². The molecule has 0 spiro atoms. The molecule has 1 fully saturated rings. The third-order valence-corrected chi connectivity index (χ3v) is 4.29. The van der Waals surface area contributed by atoms with Crippen molar-refractivity contribution in [3.8, 4) is 0 Å². The van der Waals surface area contributed by atoms with Gasteiger partial charge in [0.05, 0.1) is 18.2 Å². The molecule has 0 aromatic heterocycles. The van der Waals surface area contributed by atoms with Crippen molar-refractivity contribution in [1.82, 2.24) is 5.32 Å². The van der Waals surface area contributed by atoms with Crippen molar-refractivity contribution in [3.05, 3.63) is 64.7 Å². The number of methoxy groups -OCH3 is 1. The van der Waals surface area contributed by atoms with Gasteiger partial charge >= 0.3 is 12.0 Å². The fraction of sp³-hybridized carbons (Fsp3) is 0.222. The van der Waals surface area contributed by atoms with Crippen LogP contribution >= 0.6 is 11.6 Å². The highest BCUT2D eigenvalue weighted by Gasteiger charge is 2.45. The van der Waals surface area contributed by atoms with E-state index in [9.17, 15) is 9.59 Å². The minimum absolute atomic E-state index is 0.315. The summed E-state index contributed by atoms with van der Waals surface area (Å²) in [5.74, 6) is -0.445. The molecule has 2 aromatic rings. The Balaban J connectivity index is 1.68. The van der Waals surface area contributed by atoms with Gasteiger partial charge < -0.3 is 15.4 Å². The molecule has 24 heavy (non-hydrogen) atoms. The van der Waals surface area contributed by atoms with Gasteiger partial charge in [0, 0.05) is 10.7 Å². The second-order valence-electron chi connectivity index (χ2n) is 5.74. The molecule has 2 N–H and O–H groups in total. The summed E-state index contributed by atoms with van der Waals surface area (Å²) < 4.78 is 4.68. The van der Waals surface area contributed by atoms with Crippen LogP contribution in [0.15, 0.2) is 48.5 Å². The number of urea groups is 1. The first-order chi connectivity index (χ1) is 11.5. The average Bonchev–Trinajstić information content (AvgIpc) is 3.35. The highest BCUT2D eigenvalue weighted by Crippen LogP contribution is 2.45. The van der Waals surface area contributed by atoms with Crippen LogP contribution in [-0.4, -0.2) is 19.1 Å². The molecule has 1 aliphatic rings. The van der Waals surface area contributed by atoms with E-state index in [1.165, 1.54) is 7.11 Å². The summed E-state index contributed by atoms with van der Waals surface area (Å²) in [5.41, 5.74) is 1.61. The van der Waals surface area contributed by atoms with Gasteiger partial charge in [-0.3, -0.25) is 0 Å². The Morgan fingerprint density at radius 1 is 1.12 bits per heavy atom. The first-order valence-corrected chi connectivity index (χ1v) is 7.94. The summed E-state index contributed by atoms with van der Waals surface area (Å²) in [6.07, 6.45) is 1.76. The molecule has 6 heteroatoms. The number of rotatable bonds is 4.